The molecule has 0 aliphatic heterocycles. The van der Waals surface area contributed by atoms with Gasteiger partial charge in [0.15, 0.2) is 0 Å². The molecule has 0 spiro atoms. The molecule has 0 rings (SSSR count). The van der Waals surface area contributed by atoms with E-state index in [0.29, 0.717) is 0 Å². The lowest BCUT2D eigenvalue weighted by Gasteiger charge is -2.08. The molecule has 0 saturated heterocycles. The summed E-state index contributed by atoms with van der Waals surface area (Å²) in [4.78, 5) is 21.9. The summed E-state index contributed by atoms with van der Waals surface area (Å²) in [6.45, 7) is 0.275. The third-order valence-corrected chi connectivity index (χ3v) is 1.60. The molecule has 4 N–H and O–H groups in total. The van der Waals surface area contributed by atoms with Crippen LogP contribution in [0, 0.1) is 12.3 Å². The van der Waals surface area contributed by atoms with Crippen molar-refractivity contribution >= 4 is 11.8 Å². The van der Waals surface area contributed by atoms with Gasteiger partial charge < -0.3 is 16.4 Å². The summed E-state index contributed by atoms with van der Waals surface area (Å²) in [6.07, 6.45) is 5.43. The zero-order chi connectivity index (χ0) is 11.0. The number of rotatable bonds is 5. The fourth-order valence-electron chi connectivity index (χ4n) is 0.775. The van der Waals surface area contributed by atoms with Gasteiger partial charge in [-0.25, -0.2) is 0 Å². The maximum Gasteiger partial charge on any atom is 0.237 e. The molecule has 5 heteroatoms. The van der Waals surface area contributed by atoms with E-state index in [1.54, 1.807) is 0 Å². The summed E-state index contributed by atoms with van der Waals surface area (Å²) < 4.78 is 0. The number of hydrogen-bond acceptors (Lipinski definition) is 3. The molecule has 5 nitrogen and oxygen atoms in total. The Kier molecular flexibility index (Phi) is 6.16. The number of nitrogens with two attached hydrogens (primary N) is 1. The van der Waals surface area contributed by atoms with Gasteiger partial charge in [0.1, 0.15) is 0 Å². The second-order valence-corrected chi connectivity index (χ2v) is 2.73. The van der Waals surface area contributed by atoms with E-state index >= 15 is 0 Å². The third kappa shape index (κ3) is 5.17. The summed E-state index contributed by atoms with van der Waals surface area (Å²) in [5.41, 5.74) is 5.42. The summed E-state index contributed by atoms with van der Waals surface area (Å²) in [5.74, 6) is 1.84. The molecule has 0 fully saturated rings. The maximum atomic E-state index is 11.1. The largest absolute Gasteiger partial charge is 0.359 e. The quantitative estimate of drug-likeness (QED) is 0.473. The molecule has 2 amide bonds. The second kappa shape index (κ2) is 6.92. The lowest BCUT2D eigenvalue weighted by molar-refractivity contribution is -0.122. The van der Waals surface area contributed by atoms with E-state index in [1.165, 1.54) is 7.05 Å². The van der Waals surface area contributed by atoms with Crippen LogP contribution in [-0.4, -0.2) is 31.4 Å². The number of hydrogen-bond donors (Lipinski definition) is 3. The molecule has 0 heterocycles. The van der Waals surface area contributed by atoms with Gasteiger partial charge in [-0.2, -0.15) is 0 Å². The van der Waals surface area contributed by atoms with Crippen LogP contribution >= 0.6 is 0 Å². The van der Waals surface area contributed by atoms with E-state index in [1.807, 2.05) is 0 Å². The molecule has 1 atom stereocenters. The van der Waals surface area contributed by atoms with Gasteiger partial charge in [0, 0.05) is 26.4 Å². The van der Waals surface area contributed by atoms with Gasteiger partial charge in [-0.3, -0.25) is 9.59 Å². The van der Waals surface area contributed by atoms with Crippen LogP contribution < -0.4 is 16.4 Å². The lowest BCUT2D eigenvalue weighted by atomic mass is 10.2. The zero-order valence-electron chi connectivity index (χ0n) is 8.17. The molecular formula is C9H15N3O2. The van der Waals surface area contributed by atoms with Crippen LogP contribution in [0.15, 0.2) is 0 Å². The van der Waals surface area contributed by atoms with E-state index < -0.39 is 6.04 Å². The maximum absolute atomic E-state index is 11.1. The molecule has 0 aromatic rings. The second-order valence-electron chi connectivity index (χ2n) is 2.73. The lowest BCUT2D eigenvalue weighted by Crippen LogP contribution is -2.41. The molecule has 1 unspecified atom stereocenters. The minimum Gasteiger partial charge on any atom is -0.359 e. The van der Waals surface area contributed by atoms with Crippen LogP contribution in [-0.2, 0) is 9.59 Å². The topological polar surface area (TPSA) is 84.2 Å². The van der Waals surface area contributed by atoms with Gasteiger partial charge in [0.25, 0.3) is 0 Å². The number of terminal acetylenes is 1. The van der Waals surface area contributed by atoms with Crippen molar-refractivity contribution in [1.29, 1.82) is 0 Å². The Morgan fingerprint density at radius 2 is 2.21 bits per heavy atom. The van der Waals surface area contributed by atoms with Crippen molar-refractivity contribution in [3.63, 3.8) is 0 Å². The highest BCUT2D eigenvalue weighted by atomic mass is 16.2. The zero-order valence-corrected chi connectivity index (χ0v) is 8.17. The molecule has 0 aromatic heterocycles. The van der Waals surface area contributed by atoms with Crippen molar-refractivity contribution in [2.24, 2.45) is 5.73 Å². The van der Waals surface area contributed by atoms with E-state index in [9.17, 15) is 9.59 Å². The summed E-state index contributed by atoms with van der Waals surface area (Å²) >= 11 is 0. The Bertz CT molecular complexity index is 245. The number of carbonyl (C=O) groups is 2. The first-order valence-electron chi connectivity index (χ1n) is 4.29. The molecule has 0 aliphatic carbocycles. The van der Waals surface area contributed by atoms with E-state index in [0.717, 1.165) is 0 Å². The van der Waals surface area contributed by atoms with Crippen LogP contribution in [0.1, 0.15) is 12.8 Å². The molecule has 0 aromatic carbocycles. The minimum absolute atomic E-state index is 0.129. The first-order chi connectivity index (χ1) is 6.61. The predicted octanol–water partition coefficient (Wildman–Crippen LogP) is -1.41. The molecular weight excluding hydrogens is 182 g/mol. The Hall–Kier alpha value is -1.54. The van der Waals surface area contributed by atoms with Crippen molar-refractivity contribution < 1.29 is 9.59 Å². The van der Waals surface area contributed by atoms with Gasteiger partial charge in [-0.1, -0.05) is 0 Å². The Morgan fingerprint density at radius 3 is 2.71 bits per heavy atom. The highest BCUT2D eigenvalue weighted by Crippen LogP contribution is 1.86. The molecule has 14 heavy (non-hydrogen) atoms. The summed E-state index contributed by atoms with van der Waals surface area (Å²) in [7, 11) is 1.54. The van der Waals surface area contributed by atoms with Gasteiger partial charge in [0.2, 0.25) is 11.8 Å². The van der Waals surface area contributed by atoms with Gasteiger partial charge in [-0.15, -0.1) is 12.3 Å². The van der Waals surface area contributed by atoms with E-state index in [-0.39, 0.29) is 31.2 Å². The Labute approximate surface area is 83.4 Å². The molecule has 0 aliphatic rings. The van der Waals surface area contributed by atoms with Crippen molar-refractivity contribution in [1.82, 2.24) is 10.6 Å². The first-order valence-corrected chi connectivity index (χ1v) is 4.29. The Morgan fingerprint density at radius 1 is 1.57 bits per heavy atom. The van der Waals surface area contributed by atoms with Crippen LogP contribution in [0.3, 0.4) is 0 Å². The van der Waals surface area contributed by atoms with E-state index in [2.05, 4.69) is 16.6 Å². The molecule has 0 saturated carbocycles. The summed E-state index contributed by atoms with van der Waals surface area (Å²) in [6, 6.07) is -0.690. The Balaban J connectivity index is 3.64. The van der Waals surface area contributed by atoms with Crippen molar-refractivity contribution in [2.75, 3.05) is 13.6 Å². The molecule has 78 valence electrons. The van der Waals surface area contributed by atoms with Gasteiger partial charge in [0.05, 0.1) is 6.04 Å². The summed E-state index contributed by atoms with van der Waals surface area (Å²) in [5, 5.41) is 4.95. The number of amides is 2. The minimum atomic E-state index is -0.690. The first kappa shape index (κ1) is 12.5. The standard InChI is InChI=1S/C9H15N3O2/c1-3-4-7(10)9(14)12-6-5-8(13)11-2/h1,7H,4-6,10H2,2H3,(H,11,13)(H,12,14). The number of nitrogens with one attached hydrogen (secondary N) is 2. The van der Waals surface area contributed by atoms with Gasteiger partial charge in [-0.05, 0) is 0 Å². The highest BCUT2D eigenvalue weighted by Gasteiger charge is 2.11. The fourth-order valence-corrected chi connectivity index (χ4v) is 0.775. The molecule has 0 radical (unpaired) electrons. The number of carbonyl (C=O) groups excluding carboxylic acids is 2. The van der Waals surface area contributed by atoms with Crippen LogP contribution in [0.4, 0.5) is 0 Å². The predicted molar refractivity (Wildman–Crippen MR) is 53.1 cm³/mol. The fraction of sp³-hybridized carbons (Fsp3) is 0.556. The van der Waals surface area contributed by atoms with Crippen molar-refractivity contribution in [2.45, 2.75) is 18.9 Å². The van der Waals surface area contributed by atoms with Crippen molar-refractivity contribution in [3.05, 3.63) is 0 Å². The van der Waals surface area contributed by atoms with Crippen molar-refractivity contribution in [3.8, 4) is 12.3 Å². The average Bonchev–Trinajstić information content (AvgIpc) is 2.17. The average molecular weight is 197 g/mol. The van der Waals surface area contributed by atoms with Crippen LogP contribution in [0.2, 0.25) is 0 Å². The monoisotopic (exact) mass is 197 g/mol. The normalized spacial score (nSPS) is 11.2. The van der Waals surface area contributed by atoms with Crippen LogP contribution in [0.5, 0.6) is 0 Å². The van der Waals surface area contributed by atoms with Gasteiger partial charge >= 0.3 is 0 Å². The van der Waals surface area contributed by atoms with E-state index in [4.69, 9.17) is 12.2 Å². The molecule has 0 bridgehead atoms. The smallest absolute Gasteiger partial charge is 0.237 e. The third-order valence-electron chi connectivity index (χ3n) is 1.60. The highest BCUT2D eigenvalue weighted by molar-refractivity contribution is 5.82. The SMILES string of the molecule is C#CCC(N)C(=O)NCCC(=O)NC. The van der Waals surface area contributed by atoms with Crippen LogP contribution in [0.25, 0.3) is 0 Å².